The molecule has 0 aliphatic rings. The minimum Gasteiger partial charge on any atom is -0.496 e. The Morgan fingerprint density at radius 1 is 1.04 bits per heavy atom. The van der Waals surface area contributed by atoms with E-state index in [2.05, 4.69) is 10.9 Å². The molecule has 0 aliphatic heterocycles. The van der Waals surface area contributed by atoms with Gasteiger partial charge in [-0.25, -0.2) is 0 Å². The lowest BCUT2D eigenvalue weighted by molar-refractivity contribution is -0.131. The van der Waals surface area contributed by atoms with Gasteiger partial charge in [-0.05, 0) is 63.1 Å². The quantitative estimate of drug-likeness (QED) is 0.594. The molecule has 0 saturated carbocycles. The monoisotopic (exact) mass is 382 g/mol. The van der Waals surface area contributed by atoms with Crippen molar-refractivity contribution < 1.29 is 19.1 Å². The van der Waals surface area contributed by atoms with Gasteiger partial charge >= 0.3 is 0 Å². The van der Waals surface area contributed by atoms with Gasteiger partial charge in [0, 0.05) is 11.6 Å². The number of methoxy groups -OCH3 is 1. The Morgan fingerprint density at radius 3 is 2.50 bits per heavy atom. The van der Waals surface area contributed by atoms with E-state index in [1.807, 2.05) is 57.2 Å². The van der Waals surface area contributed by atoms with E-state index in [9.17, 15) is 9.59 Å². The molecule has 0 bridgehead atoms. The second kappa shape index (κ2) is 9.60. The van der Waals surface area contributed by atoms with Gasteiger partial charge in [-0.1, -0.05) is 23.8 Å². The lowest BCUT2D eigenvalue weighted by Gasteiger charge is -2.17. The van der Waals surface area contributed by atoms with E-state index >= 15 is 0 Å². The molecule has 2 amide bonds. The van der Waals surface area contributed by atoms with E-state index in [1.54, 1.807) is 20.1 Å². The van der Waals surface area contributed by atoms with Gasteiger partial charge in [0.25, 0.3) is 11.8 Å². The highest BCUT2D eigenvalue weighted by molar-refractivity contribution is 5.94. The van der Waals surface area contributed by atoms with Gasteiger partial charge in [0.15, 0.2) is 6.10 Å². The molecular formula is C22H26N2O4. The highest BCUT2D eigenvalue weighted by Gasteiger charge is 2.16. The third kappa shape index (κ3) is 5.61. The van der Waals surface area contributed by atoms with Gasteiger partial charge in [0.2, 0.25) is 0 Å². The third-order valence-electron chi connectivity index (χ3n) is 4.34. The van der Waals surface area contributed by atoms with E-state index in [4.69, 9.17) is 9.47 Å². The molecule has 0 fully saturated rings. The van der Waals surface area contributed by atoms with Gasteiger partial charge in [0.1, 0.15) is 11.5 Å². The first-order valence-corrected chi connectivity index (χ1v) is 8.97. The molecular weight excluding hydrogens is 356 g/mol. The Balaban J connectivity index is 1.90. The number of aryl methyl sites for hydroxylation is 2. The number of hydrogen-bond acceptors (Lipinski definition) is 4. The fourth-order valence-corrected chi connectivity index (χ4v) is 2.51. The summed E-state index contributed by atoms with van der Waals surface area (Å²) in [5, 5.41) is 0. The predicted molar refractivity (Wildman–Crippen MR) is 109 cm³/mol. The Kier molecular flexibility index (Phi) is 7.21. The van der Waals surface area contributed by atoms with Crippen LogP contribution in [0.5, 0.6) is 11.5 Å². The van der Waals surface area contributed by atoms with Crippen LogP contribution >= 0.6 is 0 Å². The minimum absolute atomic E-state index is 0.448. The molecule has 6 heteroatoms. The second-order valence-corrected chi connectivity index (χ2v) is 6.52. The summed E-state index contributed by atoms with van der Waals surface area (Å²) in [6.45, 7) is 7.48. The van der Waals surface area contributed by atoms with Crippen LogP contribution in [-0.4, -0.2) is 25.0 Å². The molecule has 0 aliphatic carbocycles. The zero-order valence-corrected chi connectivity index (χ0v) is 16.8. The molecule has 2 rings (SSSR count). The van der Waals surface area contributed by atoms with Crippen LogP contribution in [0, 0.1) is 20.8 Å². The second-order valence-electron chi connectivity index (χ2n) is 6.52. The fourth-order valence-electron chi connectivity index (χ4n) is 2.51. The van der Waals surface area contributed by atoms with Crippen molar-refractivity contribution in [1.29, 1.82) is 0 Å². The van der Waals surface area contributed by atoms with E-state index < -0.39 is 17.9 Å². The highest BCUT2D eigenvalue weighted by atomic mass is 16.5. The van der Waals surface area contributed by atoms with Crippen molar-refractivity contribution >= 4 is 17.9 Å². The van der Waals surface area contributed by atoms with Crippen LogP contribution in [-0.2, 0) is 9.59 Å². The molecule has 0 aromatic heterocycles. The minimum atomic E-state index is -0.762. The molecule has 2 aromatic carbocycles. The third-order valence-corrected chi connectivity index (χ3v) is 4.34. The molecule has 0 heterocycles. The summed E-state index contributed by atoms with van der Waals surface area (Å²) >= 11 is 0. The van der Waals surface area contributed by atoms with Crippen LogP contribution in [0.15, 0.2) is 42.5 Å². The van der Waals surface area contributed by atoms with Gasteiger partial charge < -0.3 is 9.47 Å². The lowest BCUT2D eigenvalue weighted by Crippen LogP contribution is -2.46. The highest BCUT2D eigenvalue weighted by Crippen LogP contribution is 2.22. The summed E-state index contributed by atoms with van der Waals surface area (Å²) in [5.41, 5.74) is 8.59. The summed E-state index contributed by atoms with van der Waals surface area (Å²) < 4.78 is 11.0. The summed E-state index contributed by atoms with van der Waals surface area (Å²) in [7, 11) is 1.57. The normalized spacial score (nSPS) is 11.8. The summed E-state index contributed by atoms with van der Waals surface area (Å²) in [6, 6.07) is 11.3. The Hall–Kier alpha value is -3.28. The Bertz CT molecular complexity index is 890. The standard InChI is InChI=1S/C22H26N2O4/c1-14-9-11-20(27-5)18(13-14)10-12-21(25)23-24-22(26)17(4)28-19-8-6-7-15(2)16(19)3/h6-13,17H,1-5H3,(H,23,25)(H,24,26)/b12-10+. The predicted octanol–water partition coefficient (Wildman–Crippen LogP) is 3.25. The van der Waals surface area contributed by atoms with Crippen molar-refractivity contribution in [1.82, 2.24) is 10.9 Å². The van der Waals surface area contributed by atoms with Crippen LogP contribution in [0.25, 0.3) is 6.08 Å². The molecule has 6 nitrogen and oxygen atoms in total. The first kappa shape index (κ1) is 21.0. The summed E-state index contributed by atoms with van der Waals surface area (Å²) in [6.07, 6.45) is 2.19. The summed E-state index contributed by atoms with van der Waals surface area (Å²) in [4.78, 5) is 24.2. The molecule has 1 unspecified atom stereocenters. The Labute approximate surface area is 165 Å². The van der Waals surface area contributed by atoms with Crippen molar-refractivity contribution in [3.63, 3.8) is 0 Å². The topological polar surface area (TPSA) is 76.7 Å². The SMILES string of the molecule is COc1ccc(C)cc1/C=C/C(=O)NNC(=O)C(C)Oc1cccc(C)c1C. The number of amides is 2. The first-order chi connectivity index (χ1) is 13.3. The largest absolute Gasteiger partial charge is 0.496 e. The van der Waals surface area contributed by atoms with Gasteiger partial charge in [0.05, 0.1) is 7.11 Å². The molecule has 0 saturated heterocycles. The number of benzene rings is 2. The van der Waals surface area contributed by atoms with Gasteiger partial charge in [-0.15, -0.1) is 0 Å². The van der Waals surface area contributed by atoms with E-state index in [-0.39, 0.29) is 0 Å². The average Bonchev–Trinajstić information content (AvgIpc) is 2.68. The van der Waals surface area contributed by atoms with Gasteiger partial charge in [-0.2, -0.15) is 0 Å². The van der Waals surface area contributed by atoms with Crippen LogP contribution in [0.4, 0.5) is 0 Å². The number of rotatable bonds is 6. The van der Waals surface area contributed by atoms with Crippen molar-refractivity contribution in [3.8, 4) is 11.5 Å². The van der Waals surface area contributed by atoms with E-state index in [0.29, 0.717) is 11.5 Å². The number of hydrazine groups is 1. The van der Waals surface area contributed by atoms with Crippen LogP contribution in [0.2, 0.25) is 0 Å². The average molecular weight is 382 g/mol. The molecule has 1 atom stereocenters. The summed E-state index contributed by atoms with van der Waals surface area (Å²) in [5.74, 6) is 0.390. The number of nitrogens with one attached hydrogen (secondary N) is 2. The van der Waals surface area contributed by atoms with E-state index in [0.717, 1.165) is 22.3 Å². The van der Waals surface area contributed by atoms with Crippen LogP contribution in [0.1, 0.15) is 29.2 Å². The number of ether oxygens (including phenoxy) is 2. The zero-order chi connectivity index (χ0) is 20.7. The van der Waals surface area contributed by atoms with E-state index in [1.165, 1.54) is 6.08 Å². The zero-order valence-electron chi connectivity index (χ0n) is 16.8. The molecule has 0 radical (unpaired) electrons. The maximum absolute atomic E-state index is 12.2. The smallest absolute Gasteiger partial charge is 0.279 e. The number of hydrogen-bond donors (Lipinski definition) is 2. The van der Waals surface area contributed by atoms with Crippen LogP contribution < -0.4 is 20.3 Å². The van der Waals surface area contributed by atoms with Crippen molar-refractivity contribution in [2.24, 2.45) is 0 Å². The maximum atomic E-state index is 12.2. The van der Waals surface area contributed by atoms with Gasteiger partial charge in [-0.3, -0.25) is 20.4 Å². The Morgan fingerprint density at radius 2 is 1.79 bits per heavy atom. The molecule has 28 heavy (non-hydrogen) atoms. The first-order valence-electron chi connectivity index (χ1n) is 8.97. The molecule has 2 N–H and O–H groups in total. The van der Waals surface area contributed by atoms with Crippen LogP contribution in [0.3, 0.4) is 0 Å². The maximum Gasteiger partial charge on any atom is 0.279 e. The molecule has 148 valence electrons. The lowest BCUT2D eigenvalue weighted by atomic mass is 10.1. The molecule has 2 aromatic rings. The number of carbonyl (C=O) groups is 2. The number of carbonyl (C=O) groups excluding carboxylic acids is 2. The fraction of sp³-hybridized carbons (Fsp3) is 0.273. The van der Waals surface area contributed by atoms with Crippen molar-refractivity contribution in [2.45, 2.75) is 33.8 Å². The van der Waals surface area contributed by atoms with Crippen molar-refractivity contribution in [3.05, 3.63) is 64.7 Å². The molecule has 0 spiro atoms. The van der Waals surface area contributed by atoms with Crippen molar-refractivity contribution in [2.75, 3.05) is 7.11 Å².